The Bertz CT molecular complexity index is 375. The third-order valence-corrected chi connectivity index (χ3v) is 4.25. The van der Waals surface area contributed by atoms with Gasteiger partial charge in [-0.1, -0.05) is 26.7 Å². The highest BCUT2D eigenvalue weighted by Gasteiger charge is 2.29. The van der Waals surface area contributed by atoms with Crippen LogP contribution in [0.25, 0.3) is 0 Å². The van der Waals surface area contributed by atoms with Gasteiger partial charge in [0.25, 0.3) is 0 Å². The lowest BCUT2D eigenvalue weighted by atomic mass is 9.77. The van der Waals surface area contributed by atoms with Crippen molar-refractivity contribution in [3.8, 4) is 0 Å². The monoisotopic (exact) mass is 265 g/mol. The molecule has 108 valence electrons. The molecular formula is C15H27N3O. The SMILES string of the molecule is COCCNc1nccn1C1CCCCC1C(C)C. The van der Waals surface area contributed by atoms with Crippen LogP contribution in [0.3, 0.4) is 0 Å². The number of nitrogens with one attached hydrogen (secondary N) is 1. The minimum absolute atomic E-state index is 0.598. The van der Waals surface area contributed by atoms with Crippen molar-refractivity contribution in [3.63, 3.8) is 0 Å². The number of anilines is 1. The lowest BCUT2D eigenvalue weighted by molar-refractivity contribution is 0.185. The summed E-state index contributed by atoms with van der Waals surface area (Å²) >= 11 is 0. The number of nitrogens with zero attached hydrogens (tertiary/aromatic N) is 2. The van der Waals surface area contributed by atoms with E-state index < -0.39 is 0 Å². The van der Waals surface area contributed by atoms with Gasteiger partial charge >= 0.3 is 0 Å². The maximum absolute atomic E-state index is 5.09. The Hall–Kier alpha value is -1.03. The summed E-state index contributed by atoms with van der Waals surface area (Å²) in [5, 5.41) is 3.38. The zero-order valence-electron chi connectivity index (χ0n) is 12.4. The second-order valence-electron chi connectivity index (χ2n) is 5.84. The molecule has 0 aliphatic heterocycles. The quantitative estimate of drug-likeness (QED) is 0.802. The minimum atomic E-state index is 0.598. The van der Waals surface area contributed by atoms with Crippen LogP contribution in [-0.4, -0.2) is 29.8 Å². The maximum Gasteiger partial charge on any atom is 0.203 e. The highest BCUT2D eigenvalue weighted by atomic mass is 16.5. The van der Waals surface area contributed by atoms with Crippen LogP contribution in [0.5, 0.6) is 0 Å². The van der Waals surface area contributed by atoms with Gasteiger partial charge in [-0.3, -0.25) is 0 Å². The van der Waals surface area contributed by atoms with Gasteiger partial charge in [-0.25, -0.2) is 4.98 Å². The summed E-state index contributed by atoms with van der Waals surface area (Å²) in [6, 6.07) is 0.598. The number of hydrogen-bond acceptors (Lipinski definition) is 3. The first kappa shape index (κ1) is 14.4. The molecule has 0 amide bonds. The van der Waals surface area contributed by atoms with E-state index in [0.29, 0.717) is 12.6 Å². The summed E-state index contributed by atoms with van der Waals surface area (Å²) in [5.74, 6) is 2.50. The zero-order chi connectivity index (χ0) is 13.7. The van der Waals surface area contributed by atoms with Gasteiger partial charge in [-0.2, -0.15) is 0 Å². The van der Waals surface area contributed by atoms with Crippen LogP contribution in [0.1, 0.15) is 45.6 Å². The number of rotatable bonds is 6. The third-order valence-electron chi connectivity index (χ3n) is 4.25. The highest BCUT2D eigenvalue weighted by molar-refractivity contribution is 5.27. The van der Waals surface area contributed by atoms with E-state index in [1.807, 2.05) is 6.20 Å². The average molecular weight is 265 g/mol. The molecule has 0 spiro atoms. The van der Waals surface area contributed by atoms with E-state index in [9.17, 15) is 0 Å². The fraction of sp³-hybridized carbons (Fsp3) is 0.800. The van der Waals surface area contributed by atoms with E-state index in [0.717, 1.165) is 24.3 Å². The number of imidazole rings is 1. The van der Waals surface area contributed by atoms with Gasteiger partial charge in [0.15, 0.2) is 0 Å². The second kappa shape index (κ2) is 6.94. The van der Waals surface area contributed by atoms with Gasteiger partial charge in [0.1, 0.15) is 0 Å². The van der Waals surface area contributed by atoms with E-state index in [1.165, 1.54) is 25.7 Å². The molecule has 1 aliphatic rings. The van der Waals surface area contributed by atoms with Crippen molar-refractivity contribution in [2.75, 3.05) is 25.6 Å². The average Bonchev–Trinajstić information content (AvgIpc) is 2.87. The zero-order valence-corrected chi connectivity index (χ0v) is 12.4. The van der Waals surface area contributed by atoms with Crippen LogP contribution in [-0.2, 0) is 4.74 Å². The van der Waals surface area contributed by atoms with Crippen LogP contribution < -0.4 is 5.32 Å². The Morgan fingerprint density at radius 3 is 2.95 bits per heavy atom. The molecule has 19 heavy (non-hydrogen) atoms. The van der Waals surface area contributed by atoms with E-state index in [-0.39, 0.29) is 0 Å². The minimum Gasteiger partial charge on any atom is -0.383 e. The van der Waals surface area contributed by atoms with Crippen LogP contribution in [0, 0.1) is 11.8 Å². The van der Waals surface area contributed by atoms with Gasteiger partial charge in [0, 0.05) is 32.1 Å². The molecule has 1 heterocycles. The smallest absolute Gasteiger partial charge is 0.203 e. The number of ether oxygens (including phenoxy) is 1. The Morgan fingerprint density at radius 2 is 2.21 bits per heavy atom. The first-order chi connectivity index (χ1) is 9.24. The van der Waals surface area contributed by atoms with Crippen molar-refractivity contribution in [2.45, 2.75) is 45.6 Å². The molecule has 0 aromatic carbocycles. The lowest BCUT2D eigenvalue weighted by Gasteiger charge is -2.36. The summed E-state index contributed by atoms with van der Waals surface area (Å²) in [5.41, 5.74) is 0. The van der Waals surface area contributed by atoms with Crippen LogP contribution >= 0.6 is 0 Å². The number of methoxy groups -OCH3 is 1. The fourth-order valence-corrected chi connectivity index (χ4v) is 3.25. The van der Waals surface area contributed by atoms with Gasteiger partial charge in [-0.05, 0) is 24.7 Å². The van der Waals surface area contributed by atoms with Crippen LogP contribution in [0.2, 0.25) is 0 Å². The summed E-state index contributed by atoms with van der Waals surface area (Å²) in [4.78, 5) is 4.45. The topological polar surface area (TPSA) is 39.1 Å². The summed E-state index contributed by atoms with van der Waals surface area (Å²) in [6.07, 6.45) is 9.36. The molecule has 0 radical (unpaired) electrons. The second-order valence-corrected chi connectivity index (χ2v) is 5.84. The molecule has 0 saturated heterocycles. The molecule has 1 fully saturated rings. The van der Waals surface area contributed by atoms with Crippen LogP contribution in [0.15, 0.2) is 12.4 Å². The molecule has 2 atom stereocenters. The molecule has 2 rings (SSSR count). The van der Waals surface area contributed by atoms with Crippen molar-refractivity contribution in [2.24, 2.45) is 11.8 Å². The Kier molecular flexibility index (Phi) is 5.25. The molecule has 4 heteroatoms. The molecule has 2 unspecified atom stereocenters. The number of aromatic nitrogens is 2. The predicted octanol–water partition coefficient (Wildman–Crippen LogP) is 3.33. The first-order valence-corrected chi connectivity index (χ1v) is 7.49. The third kappa shape index (κ3) is 3.50. The van der Waals surface area contributed by atoms with Crippen molar-refractivity contribution in [1.29, 1.82) is 0 Å². The Balaban J connectivity index is 2.08. The summed E-state index contributed by atoms with van der Waals surface area (Å²) < 4.78 is 7.43. The maximum atomic E-state index is 5.09. The fourth-order valence-electron chi connectivity index (χ4n) is 3.25. The van der Waals surface area contributed by atoms with Crippen molar-refractivity contribution >= 4 is 5.95 Å². The Morgan fingerprint density at radius 1 is 1.42 bits per heavy atom. The van der Waals surface area contributed by atoms with Crippen molar-refractivity contribution < 1.29 is 4.74 Å². The molecule has 0 bridgehead atoms. The first-order valence-electron chi connectivity index (χ1n) is 7.49. The largest absolute Gasteiger partial charge is 0.383 e. The molecular weight excluding hydrogens is 238 g/mol. The molecule has 1 aromatic heterocycles. The summed E-state index contributed by atoms with van der Waals surface area (Å²) in [6.45, 7) is 6.22. The molecule has 1 saturated carbocycles. The predicted molar refractivity (Wildman–Crippen MR) is 78.4 cm³/mol. The normalized spacial score (nSPS) is 23.8. The molecule has 1 N–H and O–H groups in total. The standard InChI is InChI=1S/C15H27N3O/c1-12(2)13-6-4-5-7-14(13)18-10-8-16-15(18)17-9-11-19-3/h8,10,12-14H,4-7,9,11H2,1-3H3,(H,16,17). The van der Waals surface area contributed by atoms with Crippen molar-refractivity contribution in [3.05, 3.63) is 12.4 Å². The van der Waals surface area contributed by atoms with Crippen molar-refractivity contribution in [1.82, 2.24) is 9.55 Å². The number of hydrogen-bond donors (Lipinski definition) is 1. The Labute approximate surface area is 116 Å². The lowest BCUT2D eigenvalue weighted by Crippen LogP contribution is -2.28. The molecule has 1 aromatic rings. The molecule has 4 nitrogen and oxygen atoms in total. The molecule has 1 aliphatic carbocycles. The van der Waals surface area contributed by atoms with Gasteiger partial charge in [0.05, 0.1) is 6.61 Å². The van der Waals surface area contributed by atoms with E-state index >= 15 is 0 Å². The van der Waals surface area contributed by atoms with Gasteiger partial charge in [-0.15, -0.1) is 0 Å². The highest BCUT2D eigenvalue weighted by Crippen LogP contribution is 2.39. The summed E-state index contributed by atoms with van der Waals surface area (Å²) in [7, 11) is 1.73. The van der Waals surface area contributed by atoms with E-state index in [4.69, 9.17) is 4.74 Å². The van der Waals surface area contributed by atoms with Crippen LogP contribution in [0.4, 0.5) is 5.95 Å². The van der Waals surface area contributed by atoms with Gasteiger partial charge < -0.3 is 14.6 Å². The van der Waals surface area contributed by atoms with E-state index in [1.54, 1.807) is 7.11 Å². The van der Waals surface area contributed by atoms with Gasteiger partial charge in [0.2, 0.25) is 5.95 Å². The van der Waals surface area contributed by atoms with E-state index in [2.05, 4.69) is 34.9 Å².